The number of fused-ring (bicyclic) bond motifs is 5. The van der Waals surface area contributed by atoms with Gasteiger partial charge in [-0.3, -0.25) is 9.59 Å². The maximum absolute atomic E-state index is 17.5. The van der Waals surface area contributed by atoms with E-state index < -0.39 is 58.4 Å². The number of esters is 1. The largest absolute Gasteiger partial charge is 0.446 e. The van der Waals surface area contributed by atoms with Crippen LogP contribution in [0.4, 0.5) is 4.39 Å². The first-order chi connectivity index (χ1) is 17.0. The Balaban J connectivity index is 1.58. The predicted octanol–water partition coefficient (Wildman–Crippen LogP) is 4.06. The smallest absolute Gasteiger partial charge is 0.339 e. The van der Waals surface area contributed by atoms with Crippen LogP contribution in [-0.2, 0) is 14.3 Å². The average molecular weight is 501 g/mol. The topological polar surface area (TPSA) is 101 Å². The zero-order valence-corrected chi connectivity index (χ0v) is 21.3. The molecule has 0 amide bonds. The lowest BCUT2D eigenvalue weighted by Crippen LogP contribution is -2.71. The van der Waals surface area contributed by atoms with Crippen molar-refractivity contribution in [3.63, 3.8) is 0 Å². The summed E-state index contributed by atoms with van der Waals surface area (Å²) in [7, 11) is 0. The summed E-state index contributed by atoms with van der Waals surface area (Å²) in [5.74, 6) is -2.55. The van der Waals surface area contributed by atoms with Gasteiger partial charge in [-0.15, -0.1) is 0 Å². The molecule has 4 saturated carbocycles. The molecule has 196 valence electrons. The molecule has 7 heteroatoms. The minimum Gasteiger partial charge on any atom is -0.446 e. The number of ether oxygens (including phenoxy) is 1. The highest BCUT2D eigenvalue weighted by Gasteiger charge is 2.77. The molecule has 1 aromatic carbocycles. The number of carbonyl (C=O) groups excluding carboxylic acids is 3. The number of aliphatic hydroxyl groups is 2. The van der Waals surface area contributed by atoms with Crippen molar-refractivity contribution in [2.45, 2.75) is 83.1 Å². The van der Waals surface area contributed by atoms with E-state index in [4.69, 9.17) is 4.74 Å². The lowest BCUT2D eigenvalue weighted by atomic mass is 9.42. The minimum atomic E-state index is -1.90. The summed E-state index contributed by atoms with van der Waals surface area (Å²) < 4.78 is 23.6. The lowest BCUT2D eigenvalue weighted by molar-refractivity contribution is -0.254. The summed E-state index contributed by atoms with van der Waals surface area (Å²) in [6.45, 7) is 4.74. The molecule has 0 heterocycles. The first-order valence-corrected chi connectivity index (χ1v) is 13.3. The van der Waals surface area contributed by atoms with Crippen molar-refractivity contribution in [3.8, 4) is 0 Å². The normalized spacial score (nSPS) is 45.8. The molecule has 0 spiro atoms. The monoisotopic (exact) mass is 500 g/mol. The fraction of sp³-hybridized carbons (Fsp3) is 0.690. The van der Waals surface area contributed by atoms with E-state index in [0.29, 0.717) is 38.5 Å². The number of benzene rings is 1. The molecule has 0 saturated heterocycles. The molecule has 9 atom stereocenters. The summed E-state index contributed by atoms with van der Waals surface area (Å²) in [5, 5.41) is 21.6. The maximum Gasteiger partial charge on any atom is 0.339 e. The fourth-order valence-electron chi connectivity index (χ4n) is 9.14. The van der Waals surface area contributed by atoms with Gasteiger partial charge in [0.15, 0.2) is 5.60 Å². The third-order valence-electron chi connectivity index (χ3n) is 10.9. The standard InChI is InChI=1S/C29H37FO6/c1-17-13-22-21-10-9-19-14-20(32)11-12-26(19,2)28(21,30)23(33)15-27(22,3)29(17,24(34)16-31)36-25(35)18-7-5-4-6-8-18/h4-8,17,19,21-23,31,33H,9-16H2,1-3H3/t17-,19-,21+,22+,23+,26+,27+,28+,29-/m1/s1. The van der Waals surface area contributed by atoms with Gasteiger partial charge in [0.1, 0.15) is 18.1 Å². The van der Waals surface area contributed by atoms with E-state index in [-0.39, 0.29) is 29.6 Å². The Hall–Kier alpha value is -2.12. The Morgan fingerprint density at radius 1 is 1.11 bits per heavy atom. The molecular weight excluding hydrogens is 463 g/mol. The van der Waals surface area contributed by atoms with Gasteiger partial charge in [0.2, 0.25) is 5.78 Å². The van der Waals surface area contributed by atoms with Crippen LogP contribution in [0.5, 0.6) is 0 Å². The Kier molecular flexibility index (Phi) is 5.99. The van der Waals surface area contributed by atoms with Gasteiger partial charge in [-0.25, -0.2) is 9.18 Å². The van der Waals surface area contributed by atoms with Crippen molar-refractivity contribution in [1.29, 1.82) is 0 Å². The average Bonchev–Trinajstić information content (AvgIpc) is 3.07. The van der Waals surface area contributed by atoms with Crippen LogP contribution in [0.15, 0.2) is 30.3 Å². The predicted molar refractivity (Wildman–Crippen MR) is 130 cm³/mol. The Morgan fingerprint density at radius 2 is 1.81 bits per heavy atom. The van der Waals surface area contributed by atoms with Crippen molar-refractivity contribution in [2.24, 2.45) is 34.5 Å². The van der Waals surface area contributed by atoms with Gasteiger partial charge in [-0.2, -0.15) is 0 Å². The number of rotatable bonds is 4. The number of aliphatic hydroxyl groups excluding tert-OH is 2. The molecular formula is C29H37FO6. The van der Waals surface area contributed by atoms with Gasteiger partial charge in [-0.05, 0) is 62.0 Å². The van der Waals surface area contributed by atoms with Crippen LogP contribution in [0.1, 0.15) is 76.1 Å². The van der Waals surface area contributed by atoms with Crippen molar-refractivity contribution in [3.05, 3.63) is 35.9 Å². The molecule has 4 aliphatic rings. The quantitative estimate of drug-likeness (QED) is 0.605. The second kappa shape index (κ2) is 8.45. The Bertz CT molecular complexity index is 1070. The summed E-state index contributed by atoms with van der Waals surface area (Å²) in [6.07, 6.45) is 1.28. The van der Waals surface area contributed by atoms with E-state index in [2.05, 4.69) is 0 Å². The van der Waals surface area contributed by atoms with E-state index in [1.807, 2.05) is 20.8 Å². The van der Waals surface area contributed by atoms with Gasteiger partial charge < -0.3 is 14.9 Å². The van der Waals surface area contributed by atoms with Crippen molar-refractivity contribution in [1.82, 2.24) is 0 Å². The summed E-state index contributed by atoms with van der Waals surface area (Å²) in [4.78, 5) is 39.0. The van der Waals surface area contributed by atoms with Crippen LogP contribution in [0, 0.1) is 34.5 Å². The number of ketones is 2. The number of Topliss-reactive ketones (excluding diaryl/α,β-unsaturated/α-hetero) is 2. The third-order valence-corrected chi connectivity index (χ3v) is 10.9. The molecule has 0 unspecified atom stereocenters. The summed E-state index contributed by atoms with van der Waals surface area (Å²) in [5.41, 5.74) is -5.17. The molecule has 0 radical (unpaired) electrons. The molecule has 2 N–H and O–H groups in total. The SMILES string of the molecule is C[C@@H]1C[C@H]2[C@@H]3CC[C@@H]4CC(=O)CC[C@]4(C)[C@@]3(F)[C@@H](O)C[C@]2(C)[C@]1(OC(=O)c1ccccc1)C(=O)CO. The van der Waals surface area contributed by atoms with Gasteiger partial charge in [0, 0.05) is 29.6 Å². The second-order valence-corrected chi connectivity index (χ2v) is 12.3. The number of hydrogen-bond acceptors (Lipinski definition) is 6. The van der Waals surface area contributed by atoms with Crippen molar-refractivity contribution < 1.29 is 33.7 Å². The summed E-state index contributed by atoms with van der Waals surface area (Å²) >= 11 is 0. The maximum atomic E-state index is 17.5. The zero-order chi connectivity index (χ0) is 26.1. The van der Waals surface area contributed by atoms with Crippen LogP contribution >= 0.6 is 0 Å². The van der Waals surface area contributed by atoms with Crippen LogP contribution in [0.3, 0.4) is 0 Å². The number of alkyl halides is 1. The molecule has 4 aliphatic carbocycles. The number of carbonyl (C=O) groups is 3. The van der Waals surface area contributed by atoms with E-state index in [1.165, 1.54) is 0 Å². The molecule has 0 bridgehead atoms. The van der Waals surface area contributed by atoms with Crippen LogP contribution in [0.2, 0.25) is 0 Å². The first kappa shape index (κ1) is 25.5. The highest BCUT2D eigenvalue weighted by Crippen LogP contribution is 2.72. The third kappa shape index (κ3) is 3.11. The minimum absolute atomic E-state index is 0.0565. The number of halogens is 1. The van der Waals surface area contributed by atoms with Crippen molar-refractivity contribution in [2.75, 3.05) is 6.61 Å². The molecule has 36 heavy (non-hydrogen) atoms. The van der Waals surface area contributed by atoms with Gasteiger partial charge >= 0.3 is 5.97 Å². The van der Waals surface area contributed by atoms with E-state index in [1.54, 1.807) is 30.3 Å². The van der Waals surface area contributed by atoms with E-state index in [9.17, 15) is 24.6 Å². The fourth-order valence-corrected chi connectivity index (χ4v) is 9.14. The van der Waals surface area contributed by atoms with Gasteiger partial charge in [-0.1, -0.05) is 39.0 Å². The van der Waals surface area contributed by atoms with Gasteiger partial charge in [0.25, 0.3) is 0 Å². The zero-order valence-electron chi connectivity index (χ0n) is 21.3. The van der Waals surface area contributed by atoms with Crippen LogP contribution in [-0.4, -0.2) is 51.7 Å². The molecule has 5 rings (SSSR count). The molecule has 0 aromatic heterocycles. The van der Waals surface area contributed by atoms with Crippen molar-refractivity contribution >= 4 is 17.5 Å². The molecule has 6 nitrogen and oxygen atoms in total. The highest BCUT2D eigenvalue weighted by atomic mass is 19.1. The van der Waals surface area contributed by atoms with Crippen LogP contribution < -0.4 is 0 Å². The molecule has 1 aromatic rings. The lowest BCUT2D eigenvalue weighted by Gasteiger charge is -2.65. The molecule has 0 aliphatic heterocycles. The van der Waals surface area contributed by atoms with Crippen LogP contribution in [0.25, 0.3) is 0 Å². The summed E-state index contributed by atoms with van der Waals surface area (Å²) in [6, 6.07) is 8.39. The molecule has 4 fully saturated rings. The van der Waals surface area contributed by atoms with E-state index >= 15 is 4.39 Å². The number of hydrogen-bond donors (Lipinski definition) is 2. The van der Waals surface area contributed by atoms with Gasteiger partial charge in [0.05, 0.1) is 11.7 Å². The Morgan fingerprint density at radius 3 is 2.47 bits per heavy atom. The Labute approximate surface area is 211 Å². The highest BCUT2D eigenvalue weighted by molar-refractivity contribution is 5.96. The first-order valence-electron chi connectivity index (χ1n) is 13.3. The van der Waals surface area contributed by atoms with E-state index in [0.717, 1.165) is 0 Å². The second-order valence-electron chi connectivity index (χ2n) is 12.3.